The molecule has 0 aromatic carbocycles. The number of nitrogens with one attached hydrogen (secondary N) is 1. The van der Waals surface area contributed by atoms with Crippen molar-refractivity contribution in [2.75, 3.05) is 5.32 Å². The van der Waals surface area contributed by atoms with Crippen LogP contribution in [0.25, 0.3) is 21.3 Å². The molecule has 14 heteroatoms. The number of fused-ring (bicyclic) bond motifs is 1. The van der Waals surface area contributed by atoms with Crippen molar-refractivity contribution in [3.8, 4) is 11.1 Å². The first-order valence-corrected chi connectivity index (χ1v) is 10.8. The highest BCUT2D eigenvalue weighted by Gasteiger charge is 2.35. The van der Waals surface area contributed by atoms with Crippen LogP contribution < -0.4 is 11.1 Å². The van der Waals surface area contributed by atoms with E-state index in [1.165, 1.54) is 21.8 Å². The van der Waals surface area contributed by atoms with Crippen LogP contribution in [-0.4, -0.2) is 36.4 Å². The molecular weight excluding hydrogens is 527 g/mol. The number of amides is 2. The van der Waals surface area contributed by atoms with Gasteiger partial charge in [0, 0.05) is 30.7 Å². The van der Waals surface area contributed by atoms with Gasteiger partial charge in [-0.2, -0.15) is 23.4 Å². The number of nitrogens with zero attached hydrogens (tertiary/aromatic N) is 5. The van der Waals surface area contributed by atoms with Crippen LogP contribution in [0.3, 0.4) is 0 Å². The fourth-order valence-corrected chi connectivity index (χ4v) is 4.89. The van der Waals surface area contributed by atoms with Gasteiger partial charge in [0.15, 0.2) is 0 Å². The standard InChI is InChI=1S/C19H15BrF3N7O2S/c1-7-9(5-25-29(7)2)8-4-11(19(21,22)23)27-18-12(8)13(15(33-18)16(24)31)28-17(32)14-10(20)6-26-30(14)3/h4-6H,1-3H3,(H2,24,31)(H,28,32). The number of alkyl halides is 3. The van der Waals surface area contributed by atoms with Crippen LogP contribution >= 0.6 is 27.3 Å². The molecule has 4 aromatic rings. The summed E-state index contributed by atoms with van der Waals surface area (Å²) >= 11 is 3.90. The number of halogens is 4. The third-order valence-corrected chi connectivity index (χ3v) is 6.73. The number of pyridine rings is 1. The van der Waals surface area contributed by atoms with E-state index in [1.54, 1.807) is 21.0 Å². The summed E-state index contributed by atoms with van der Waals surface area (Å²) in [6, 6.07) is 0.874. The Bertz CT molecular complexity index is 1420. The fraction of sp³-hybridized carbons (Fsp3) is 0.211. The zero-order valence-electron chi connectivity index (χ0n) is 17.3. The van der Waals surface area contributed by atoms with Gasteiger partial charge in [0.2, 0.25) is 0 Å². The smallest absolute Gasteiger partial charge is 0.365 e. The Kier molecular flexibility index (Phi) is 5.52. The second kappa shape index (κ2) is 7.95. The summed E-state index contributed by atoms with van der Waals surface area (Å²) in [5.74, 6) is -1.56. The molecule has 0 saturated heterocycles. The maximum atomic E-state index is 13.6. The molecule has 0 aliphatic rings. The minimum absolute atomic E-state index is 0.0277. The summed E-state index contributed by atoms with van der Waals surface area (Å²) in [4.78, 5) is 28.7. The first-order valence-electron chi connectivity index (χ1n) is 9.22. The number of anilines is 1. The lowest BCUT2D eigenvalue weighted by molar-refractivity contribution is -0.140. The van der Waals surface area contributed by atoms with Crippen LogP contribution in [0.1, 0.15) is 31.5 Å². The molecule has 0 bridgehead atoms. The Morgan fingerprint density at radius 1 is 1.15 bits per heavy atom. The van der Waals surface area contributed by atoms with E-state index in [0.29, 0.717) is 27.1 Å². The van der Waals surface area contributed by atoms with Crippen LogP contribution in [0.2, 0.25) is 0 Å². The molecule has 0 unspecified atom stereocenters. The number of rotatable bonds is 4. The topological polar surface area (TPSA) is 121 Å². The van der Waals surface area contributed by atoms with Gasteiger partial charge in [-0.05, 0) is 34.5 Å². The third-order valence-electron chi connectivity index (χ3n) is 5.05. The average Bonchev–Trinajstić information content (AvgIpc) is 3.37. The summed E-state index contributed by atoms with van der Waals surface area (Å²) < 4.78 is 44.0. The summed E-state index contributed by atoms with van der Waals surface area (Å²) in [6.45, 7) is 1.69. The molecule has 0 fully saturated rings. The molecule has 0 radical (unpaired) electrons. The number of carbonyl (C=O) groups excluding carboxylic acids is 2. The quantitative estimate of drug-likeness (QED) is 0.406. The van der Waals surface area contributed by atoms with Crippen LogP contribution in [0.5, 0.6) is 0 Å². The summed E-state index contributed by atoms with van der Waals surface area (Å²) in [6.07, 6.45) is -1.91. The van der Waals surface area contributed by atoms with Gasteiger partial charge >= 0.3 is 6.18 Å². The molecule has 4 rings (SSSR count). The number of hydrogen-bond acceptors (Lipinski definition) is 6. The summed E-state index contributed by atoms with van der Waals surface area (Å²) in [5, 5.41) is 10.9. The van der Waals surface area contributed by atoms with Crippen molar-refractivity contribution in [3.05, 3.63) is 44.9 Å². The number of primary amides is 1. The lowest BCUT2D eigenvalue weighted by atomic mass is 10.0. The molecule has 4 heterocycles. The Hall–Kier alpha value is -3.26. The lowest BCUT2D eigenvalue weighted by Crippen LogP contribution is -2.19. The van der Waals surface area contributed by atoms with Gasteiger partial charge in [-0.1, -0.05) is 0 Å². The van der Waals surface area contributed by atoms with Gasteiger partial charge in [-0.3, -0.25) is 19.0 Å². The molecule has 2 amide bonds. The average molecular weight is 542 g/mol. The normalized spacial score (nSPS) is 11.8. The number of carbonyl (C=O) groups is 2. The van der Waals surface area contributed by atoms with E-state index in [4.69, 9.17) is 5.73 Å². The van der Waals surface area contributed by atoms with Crippen molar-refractivity contribution >= 4 is 55.0 Å². The molecule has 0 atom stereocenters. The van der Waals surface area contributed by atoms with Crippen LogP contribution in [0.15, 0.2) is 22.9 Å². The van der Waals surface area contributed by atoms with Gasteiger partial charge < -0.3 is 11.1 Å². The van der Waals surface area contributed by atoms with Gasteiger partial charge in [-0.15, -0.1) is 11.3 Å². The highest BCUT2D eigenvalue weighted by molar-refractivity contribution is 9.10. The van der Waals surface area contributed by atoms with Crippen molar-refractivity contribution in [3.63, 3.8) is 0 Å². The molecular formula is C19H15BrF3N7O2S. The second-order valence-electron chi connectivity index (χ2n) is 7.09. The monoisotopic (exact) mass is 541 g/mol. The van der Waals surface area contributed by atoms with Crippen molar-refractivity contribution < 1.29 is 22.8 Å². The first-order chi connectivity index (χ1) is 15.4. The SMILES string of the molecule is Cc1c(-c2cc(C(F)(F)F)nc3sc(C(N)=O)c(NC(=O)c4c(Br)cnn4C)c23)cnn1C. The molecule has 0 aliphatic heterocycles. The van der Waals surface area contributed by atoms with E-state index in [2.05, 4.69) is 36.4 Å². The molecule has 0 spiro atoms. The second-order valence-corrected chi connectivity index (χ2v) is 8.94. The zero-order chi connectivity index (χ0) is 24.2. The Morgan fingerprint density at radius 3 is 2.33 bits per heavy atom. The third kappa shape index (κ3) is 3.88. The minimum Gasteiger partial charge on any atom is -0.365 e. The number of hydrogen-bond donors (Lipinski definition) is 2. The van der Waals surface area contributed by atoms with Crippen LogP contribution in [0, 0.1) is 6.92 Å². The maximum absolute atomic E-state index is 13.6. The largest absolute Gasteiger partial charge is 0.433 e. The zero-order valence-corrected chi connectivity index (χ0v) is 19.7. The van der Waals surface area contributed by atoms with E-state index in [-0.39, 0.29) is 32.0 Å². The van der Waals surface area contributed by atoms with E-state index < -0.39 is 23.7 Å². The van der Waals surface area contributed by atoms with Gasteiger partial charge in [0.25, 0.3) is 11.8 Å². The molecule has 4 aromatic heterocycles. The number of nitrogens with two attached hydrogens (primary N) is 1. The maximum Gasteiger partial charge on any atom is 0.433 e. The molecule has 0 aliphatic carbocycles. The van der Waals surface area contributed by atoms with Crippen LogP contribution in [-0.2, 0) is 20.3 Å². The van der Waals surface area contributed by atoms with E-state index in [0.717, 1.165) is 6.07 Å². The highest BCUT2D eigenvalue weighted by Crippen LogP contribution is 2.44. The Balaban J connectivity index is 2.03. The van der Waals surface area contributed by atoms with Crippen LogP contribution in [0.4, 0.5) is 18.9 Å². The lowest BCUT2D eigenvalue weighted by Gasteiger charge is -2.12. The van der Waals surface area contributed by atoms with Gasteiger partial charge in [-0.25, -0.2) is 4.98 Å². The predicted molar refractivity (Wildman–Crippen MR) is 119 cm³/mol. The predicted octanol–water partition coefficient (Wildman–Crippen LogP) is 3.87. The molecule has 9 nitrogen and oxygen atoms in total. The molecule has 0 saturated carbocycles. The van der Waals surface area contributed by atoms with E-state index in [9.17, 15) is 22.8 Å². The molecule has 33 heavy (non-hydrogen) atoms. The minimum atomic E-state index is -4.74. The molecule has 172 valence electrons. The van der Waals surface area contributed by atoms with E-state index >= 15 is 0 Å². The highest BCUT2D eigenvalue weighted by atomic mass is 79.9. The van der Waals surface area contributed by atoms with Crippen molar-refractivity contribution in [1.82, 2.24) is 24.5 Å². The Labute approximate surface area is 196 Å². The van der Waals surface area contributed by atoms with Crippen molar-refractivity contribution in [1.29, 1.82) is 0 Å². The molecule has 3 N–H and O–H groups in total. The summed E-state index contributed by atoms with van der Waals surface area (Å²) in [5.41, 5.74) is 5.56. The fourth-order valence-electron chi connectivity index (χ4n) is 3.35. The number of aryl methyl sites for hydroxylation is 2. The number of thiophene rings is 1. The first kappa shape index (κ1) is 22.9. The summed E-state index contributed by atoms with van der Waals surface area (Å²) in [7, 11) is 3.19. The van der Waals surface area contributed by atoms with Gasteiger partial charge in [0.05, 0.1) is 22.6 Å². The number of aromatic nitrogens is 5. The van der Waals surface area contributed by atoms with Crippen molar-refractivity contribution in [2.24, 2.45) is 19.8 Å². The van der Waals surface area contributed by atoms with Crippen molar-refractivity contribution in [2.45, 2.75) is 13.1 Å². The van der Waals surface area contributed by atoms with Gasteiger partial charge in [0.1, 0.15) is 21.1 Å². The Morgan fingerprint density at radius 2 is 1.82 bits per heavy atom. The van der Waals surface area contributed by atoms with E-state index in [1.807, 2.05) is 0 Å².